The molecule has 2 aromatic rings. The van der Waals surface area contributed by atoms with Gasteiger partial charge in [0.25, 0.3) is 0 Å². The van der Waals surface area contributed by atoms with Crippen LogP contribution in [-0.4, -0.2) is 13.1 Å². The zero-order valence-electron chi connectivity index (χ0n) is 12.2. The molecule has 2 rings (SSSR count). The van der Waals surface area contributed by atoms with E-state index >= 15 is 0 Å². The van der Waals surface area contributed by atoms with E-state index in [2.05, 4.69) is 24.1 Å². The van der Waals surface area contributed by atoms with Crippen molar-refractivity contribution in [3.63, 3.8) is 0 Å². The van der Waals surface area contributed by atoms with Gasteiger partial charge in [0.05, 0.1) is 11.3 Å². The van der Waals surface area contributed by atoms with E-state index in [4.69, 9.17) is 5.26 Å². The fourth-order valence-electron chi connectivity index (χ4n) is 2.22. The Balaban J connectivity index is 2.19. The Morgan fingerprint density at radius 2 is 1.76 bits per heavy atom. The van der Waals surface area contributed by atoms with Crippen molar-refractivity contribution in [1.29, 1.82) is 5.26 Å². The first-order valence-electron chi connectivity index (χ1n) is 6.99. The van der Waals surface area contributed by atoms with Crippen LogP contribution in [0.1, 0.15) is 19.4 Å². The average Bonchev–Trinajstić information content (AvgIpc) is 2.52. The minimum absolute atomic E-state index is 0.294. The summed E-state index contributed by atoms with van der Waals surface area (Å²) in [5.74, 6) is -0.408. The summed E-state index contributed by atoms with van der Waals surface area (Å²) < 4.78 is 13.1. The van der Waals surface area contributed by atoms with Gasteiger partial charge in [0.15, 0.2) is 0 Å². The lowest BCUT2D eigenvalue weighted by Gasteiger charge is -2.21. The monoisotopic (exact) mass is 283 g/mol. The fourth-order valence-corrected chi connectivity index (χ4v) is 2.22. The summed E-state index contributed by atoms with van der Waals surface area (Å²) in [7, 11) is 0. The van der Waals surface area contributed by atoms with Gasteiger partial charge in [-0.15, -0.1) is 0 Å². The Morgan fingerprint density at radius 1 is 1.10 bits per heavy atom. The van der Waals surface area contributed by atoms with Gasteiger partial charge < -0.3 is 10.2 Å². The van der Waals surface area contributed by atoms with Crippen LogP contribution in [0.25, 0.3) is 0 Å². The minimum Gasteiger partial charge on any atom is -0.372 e. The highest BCUT2D eigenvalue weighted by Crippen LogP contribution is 2.23. The van der Waals surface area contributed by atoms with Crippen LogP contribution >= 0.6 is 0 Å². The Bertz CT molecular complexity index is 640. The molecule has 0 aliphatic heterocycles. The molecule has 0 amide bonds. The molecule has 0 bridgehead atoms. The van der Waals surface area contributed by atoms with E-state index in [-0.39, 0.29) is 0 Å². The molecule has 108 valence electrons. The summed E-state index contributed by atoms with van der Waals surface area (Å²) in [6.07, 6.45) is 0. The van der Waals surface area contributed by atoms with Crippen molar-refractivity contribution in [3.8, 4) is 6.07 Å². The number of hydrogen-bond acceptors (Lipinski definition) is 3. The third kappa shape index (κ3) is 3.51. The summed E-state index contributed by atoms with van der Waals surface area (Å²) in [4.78, 5) is 2.25. The minimum atomic E-state index is -0.408. The van der Waals surface area contributed by atoms with Crippen LogP contribution in [0, 0.1) is 17.1 Å². The molecule has 0 radical (unpaired) electrons. The van der Waals surface area contributed by atoms with Crippen LogP contribution in [0.4, 0.5) is 21.5 Å². The van der Waals surface area contributed by atoms with Gasteiger partial charge in [-0.25, -0.2) is 4.39 Å². The number of nitrogens with one attached hydrogen (secondary N) is 1. The van der Waals surface area contributed by atoms with Gasteiger partial charge in [-0.05, 0) is 56.3 Å². The molecule has 0 saturated heterocycles. The molecule has 1 N–H and O–H groups in total. The normalized spacial score (nSPS) is 10.0. The first-order valence-corrected chi connectivity index (χ1v) is 6.99. The van der Waals surface area contributed by atoms with Gasteiger partial charge >= 0.3 is 0 Å². The number of anilines is 3. The zero-order valence-corrected chi connectivity index (χ0v) is 12.2. The standard InChI is InChI=1S/C17H18FN3/c1-3-21(4-2)16-8-6-15(7-9-16)20-17-10-5-14(18)11-13(17)12-19/h5-11,20H,3-4H2,1-2H3. The number of halogens is 1. The quantitative estimate of drug-likeness (QED) is 0.889. The van der Waals surface area contributed by atoms with Gasteiger partial charge in [-0.2, -0.15) is 5.26 Å². The summed E-state index contributed by atoms with van der Waals surface area (Å²) in [6, 6.07) is 14.1. The van der Waals surface area contributed by atoms with Gasteiger partial charge in [-0.3, -0.25) is 0 Å². The molecule has 0 saturated carbocycles. The second kappa shape index (κ2) is 6.76. The van der Waals surface area contributed by atoms with E-state index < -0.39 is 5.82 Å². The van der Waals surface area contributed by atoms with Crippen molar-refractivity contribution < 1.29 is 4.39 Å². The van der Waals surface area contributed by atoms with Crippen LogP contribution in [0.15, 0.2) is 42.5 Å². The molecule has 0 unspecified atom stereocenters. The molecule has 3 nitrogen and oxygen atoms in total. The largest absolute Gasteiger partial charge is 0.372 e. The second-order valence-corrected chi connectivity index (χ2v) is 4.65. The van der Waals surface area contributed by atoms with Crippen molar-refractivity contribution in [2.75, 3.05) is 23.3 Å². The number of rotatable bonds is 5. The molecule has 0 heterocycles. The van der Waals surface area contributed by atoms with E-state index in [1.54, 1.807) is 6.07 Å². The van der Waals surface area contributed by atoms with E-state index in [1.807, 2.05) is 30.3 Å². The number of nitriles is 1. The number of hydrogen-bond donors (Lipinski definition) is 1. The topological polar surface area (TPSA) is 39.1 Å². The molecular weight excluding hydrogens is 265 g/mol. The number of benzene rings is 2. The average molecular weight is 283 g/mol. The van der Waals surface area contributed by atoms with Crippen LogP contribution in [0.2, 0.25) is 0 Å². The van der Waals surface area contributed by atoms with Crippen molar-refractivity contribution >= 4 is 17.1 Å². The maximum absolute atomic E-state index is 13.1. The summed E-state index contributed by atoms with van der Waals surface area (Å²) >= 11 is 0. The highest BCUT2D eigenvalue weighted by atomic mass is 19.1. The van der Waals surface area contributed by atoms with E-state index in [9.17, 15) is 4.39 Å². The van der Waals surface area contributed by atoms with E-state index in [0.29, 0.717) is 11.3 Å². The molecule has 0 aliphatic carbocycles. The highest BCUT2D eigenvalue weighted by Gasteiger charge is 2.05. The molecule has 0 atom stereocenters. The van der Waals surface area contributed by atoms with E-state index in [1.165, 1.54) is 12.1 Å². The summed E-state index contributed by atoms with van der Waals surface area (Å²) in [5.41, 5.74) is 2.93. The Kier molecular flexibility index (Phi) is 4.78. The lowest BCUT2D eigenvalue weighted by molar-refractivity contribution is 0.627. The predicted octanol–water partition coefficient (Wildman–Crippen LogP) is 4.29. The van der Waals surface area contributed by atoms with Crippen molar-refractivity contribution in [2.45, 2.75) is 13.8 Å². The van der Waals surface area contributed by atoms with Crippen molar-refractivity contribution in [3.05, 3.63) is 53.8 Å². The van der Waals surface area contributed by atoms with Crippen molar-refractivity contribution in [1.82, 2.24) is 0 Å². The smallest absolute Gasteiger partial charge is 0.124 e. The van der Waals surface area contributed by atoms with Gasteiger partial charge in [0, 0.05) is 24.5 Å². The van der Waals surface area contributed by atoms with Crippen LogP contribution in [0.3, 0.4) is 0 Å². The third-order valence-electron chi connectivity index (χ3n) is 3.38. The lowest BCUT2D eigenvalue weighted by Crippen LogP contribution is -2.21. The molecule has 21 heavy (non-hydrogen) atoms. The predicted molar refractivity (Wildman–Crippen MR) is 84.4 cm³/mol. The van der Waals surface area contributed by atoms with Crippen LogP contribution < -0.4 is 10.2 Å². The maximum Gasteiger partial charge on any atom is 0.124 e. The Hall–Kier alpha value is -2.54. The maximum atomic E-state index is 13.1. The summed E-state index contributed by atoms with van der Waals surface area (Å²) in [5, 5.41) is 12.2. The van der Waals surface area contributed by atoms with Crippen LogP contribution in [0.5, 0.6) is 0 Å². The third-order valence-corrected chi connectivity index (χ3v) is 3.38. The molecule has 0 fully saturated rings. The Labute approximate surface area is 124 Å². The first-order chi connectivity index (χ1) is 10.2. The molecule has 0 spiro atoms. The van der Waals surface area contributed by atoms with E-state index in [0.717, 1.165) is 24.5 Å². The highest BCUT2D eigenvalue weighted by molar-refractivity contribution is 5.68. The van der Waals surface area contributed by atoms with Crippen molar-refractivity contribution in [2.24, 2.45) is 0 Å². The molecule has 0 aliphatic rings. The summed E-state index contributed by atoms with van der Waals surface area (Å²) in [6.45, 7) is 6.15. The molecule has 2 aromatic carbocycles. The number of nitrogens with zero attached hydrogens (tertiary/aromatic N) is 2. The van der Waals surface area contributed by atoms with Gasteiger partial charge in [0.2, 0.25) is 0 Å². The van der Waals surface area contributed by atoms with Gasteiger partial charge in [0.1, 0.15) is 11.9 Å². The van der Waals surface area contributed by atoms with Gasteiger partial charge in [-0.1, -0.05) is 0 Å². The fraction of sp³-hybridized carbons (Fsp3) is 0.235. The first kappa shape index (κ1) is 14.9. The second-order valence-electron chi connectivity index (χ2n) is 4.65. The molecule has 0 aromatic heterocycles. The molecular formula is C17H18FN3. The zero-order chi connectivity index (χ0) is 15.2. The lowest BCUT2D eigenvalue weighted by atomic mass is 10.1. The SMILES string of the molecule is CCN(CC)c1ccc(Nc2ccc(F)cc2C#N)cc1. The Morgan fingerprint density at radius 3 is 2.33 bits per heavy atom. The van der Waals surface area contributed by atoms with Crippen LogP contribution in [-0.2, 0) is 0 Å². The molecule has 4 heteroatoms.